The number of carbonyl (C=O) groups is 1. The number of nitrogens with one attached hydrogen (secondary N) is 2. The largest absolute Gasteiger partial charge is 0.494 e. The van der Waals surface area contributed by atoms with E-state index in [0.29, 0.717) is 6.61 Å². The first-order valence-electron chi connectivity index (χ1n) is 9.28. The molecule has 1 aromatic rings. The second-order valence-electron chi connectivity index (χ2n) is 6.40. The second-order valence-corrected chi connectivity index (χ2v) is 6.40. The number of hydrogen-bond acceptors (Lipinski definition) is 3. The van der Waals surface area contributed by atoms with Gasteiger partial charge in [-0.05, 0) is 30.7 Å². The van der Waals surface area contributed by atoms with Crippen LogP contribution >= 0.6 is 0 Å². The molecule has 5 nitrogen and oxygen atoms in total. The van der Waals surface area contributed by atoms with Crippen LogP contribution in [0.3, 0.4) is 0 Å². The molecule has 0 bridgehead atoms. The summed E-state index contributed by atoms with van der Waals surface area (Å²) >= 11 is 0. The van der Waals surface area contributed by atoms with Gasteiger partial charge in [0.2, 0.25) is 0 Å². The van der Waals surface area contributed by atoms with E-state index in [1.807, 2.05) is 24.3 Å². The summed E-state index contributed by atoms with van der Waals surface area (Å²) < 4.78 is 10.9. The Bertz CT molecular complexity index is 470. The van der Waals surface area contributed by atoms with Gasteiger partial charge in [0.15, 0.2) is 0 Å². The Morgan fingerprint density at radius 1 is 1.08 bits per heavy atom. The van der Waals surface area contributed by atoms with Crippen LogP contribution in [-0.2, 0) is 4.74 Å². The van der Waals surface area contributed by atoms with E-state index in [4.69, 9.17) is 9.47 Å². The number of carbonyl (C=O) groups excluding carboxylic acids is 1. The number of quaternary nitrogens is 1. The Kier molecular flexibility index (Phi) is 8.46. The number of likely N-dealkylation sites (tertiary alicyclic amines) is 1. The first kappa shape index (κ1) is 18.6. The molecule has 5 heteroatoms. The molecule has 2 N–H and O–H groups in total. The van der Waals surface area contributed by atoms with Crippen LogP contribution in [0, 0.1) is 0 Å². The van der Waals surface area contributed by atoms with Crippen LogP contribution in [0.25, 0.3) is 0 Å². The molecule has 1 aliphatic rings. The van der Waals surface area contributed by atoms with Gasteiger partial charge in [-0.2, -0.15) is 0 Å². The van der Waals surface area contributed by atoms with Crippen molar-refractivity contribution in [3.8, 4) is 5.75 Å². The van der Waals surface area contributed by atoms with E-state index in [-0.39, 0.29) is 6.09 Å². The zero-order valence-electron chi connectivity index (χ0n) is 14.8. The molecule has 1 fully saturated rings. The van der Waals surface area contributed by atoms with Crippen molar-refractivity contribution in [3.05, 3.63) is 24.3 Å². The van der Waals surface area contributed by atoms with Crippen LogP contribution in [0.1, 0.15) is 45.4 Å². The first-order valence-corrected chi connectivity index (χ1v) is 9.28. The fraction of sp³-hybridized carbons (Fsp3) is 0.632. The van der Waals surface area contributed by atoms with Crippen molar-refractivity contribution < 1.29 is 19.2 Å². The molecular weight excluding hydrogens is 304 g/mol. The van der Waals surface area contributed by atoms with Gasteiger partial charge in [-0.15, -0.1) is 0 Å². The predicted octanol–water partition coefficient (Wildman–Crippen LogP) is 2.87. The molecule has 0 aliphatic carbocycles. The van der Waals surface area contributed by atoms with Crippen molar-refractivity contribution >= 4 is 11.8 Å². The van der Waals surface area contributed by atoms with E-state index in [1.54, 1.807) is 0 Å². The third-order valence-corrected chi connectivity index (χ3v) is 4.37. The molecule has 1 aromatic carbocycles. The summed E-state index contributed by atoms with van der Waals surface area (Å²) in [5, 5.41) is 2.75. The number of hydrogen-bond donors (Lipinski definition) is 2. The summed E-state index contributed by atoms with van der Waals surface area (Å²) in [5.74, 6) is 0.836. The molecule has 1 saturated heterocycles. The van der Waals surface area contributed by atoms with E-state index in [2.05, 4.69) is 12.2 Å². The predicted molar refractivity (Wildman–Crippen MR) is 95.8 cm³/mol. The highest BCUT2D eigenvalue weighted by molar-refractivity contribution is 5.84. The Hall–Kier alpha value is -1.75. The highest BCUT2D eigenvalue weighted by Crippen LogP contribution is 2.16. The molecule has 0 aromatic heterocycles. The zero-order valence-corrected chi connectivity index (χ0v) is 14.8. The summed E-state index contributed by atoms with van der Waals surface area (Å²) in [7, 11) is 0. The molecule has 2 rings (SSSR count). The van der Waals surface area contributed by atoms with Crippen molar-refractivity contribution in [2.24, 2.45) is 0 Å². The number of anilines is 1. The summed E-state index contributed by atoms with van der Waals surface area (Å²) in [6.45, 7) is 6.72. The van der Waals surface area contributed by atoms with Gasteiger partial charge in [-0.3, -0.25) is 5.32 Å². The molecule has 0 radical (unpaired) electrons. The van der Waals surface area contributed by atoms with E-state index in [0.717, 1.165) is 31.0 Å². The van der Waals surface area contributed by atoms with Gasteiger partial charge < -0.3 is 14.4 Å². The topological polar surface area (TPSA) is 52.0 Å². The highest BCUT2D eigenvalue weighted by atomic mass is 16.5. The van der Waals surface area contributed by atoms with Gasteiger partial charge in [0.25, 0.3) is 0 Å². The Balaban J connectivity index is 1.60. The Morgan fingerprint density at radius 3 is 2.54 bits per heavy atom. The normalized spacial score (nSPS) is 14.5. The number of ether oxygens (including phenoxy) is 2. The average molecular weight is 335 g/mol. The maximum absolute atomic E-state index is 11.8. The second kappa shape index (κ2) is 10.9. The molecule has 24 heavy (non-hydrogen) atoms. The monoisotopic (exact) mass is 335 g/mol. The molecule has 1 aliphatic heterocycles. The summed E-state index contributed by atoms with van der Waals surface area (Å²) in [6.07, 6.45) is 6.97. The van der Waals surface area contributed by atoms with Crippen molar-refractivity contribution in [1.82, 2.24) is 0 Å². The zero-order chi connectivity index (χ0) is 17.0. The van der Waals surface area contributed by atoms with Gasteiger partial charge in [0, 0.05) is 18.5 Å². The van der Waals surface area contributed by atoms with E-state index in [1.165, 1.54) is 50.1 Å². The molecule has 0 spiro atoms. The van der Waals surface area contributed by atoms with Crippen molar-refractivity contribution in [2.45, 2.75) is 45.4 Å². The van der Waals surface area contributed by atoms with Gasteiger partial charge in [0.05, 0.1) is 19.7 Å². The van der Waals surface area contributed by atoms with Crippen molar-refractivity contribution in [1.29, 1.82) is 0 Å². The minimum atomic E-state index is -0.387. The third kappa shape index (κ3) is 7.21. The lowest BCUT2D eigenvalue weighted by molar-refractivity contribution is -0.887. The van der Waals surface area contributed by atoms with Crippen molar-refractivity contribution in [2.75, 3.05) is 38.2 Å². The SMILES string of the molecule is CCCCCCOc1ccc(NC(=O)OCC[NH+]2CCCC2)cc1. The summed E-state index contributed by atoms with van der Waals surface area (Å²) in [6, 6.07) is 7.44. The maximum Gasteiger partial charge on any atom is 0.411 e. The standard InChI is InChI=1S/C19H30N2O3/c1-2-3-4-7-15-23-18-10-8-17(9-11-18)20-19(22)24-16-14-21-12-5-6-13-21/h8-11H,2-7,12-16H2,1H3,(H,20,22)/p+1. The molecule has 0 saturated carbocycles. The van der Waals surface area contributed by atoms with Gasteiger partial charge >= 0.3 is 6.09 Å². The van der Waals surface area contributed by atoms with E-state index < -0.39 is 0 Å². The van der Waals surface area contributed by atoms with Crippen LogP contribution in [0.5, 0.6) is 5.75 Å². The lowest BCUT2D eigenvalue weighted by atomic mass is 10.2. The van der Waals surface area contributed by atoms with Crippen molar-refractivity contribution in [3.63, 3.8) is 0 Å². The van der Waals surface area contributed by atoms with Gasteiger partial charge in [-0.1, -0.05) is 26.2 Å². The average Bonchev–Trinajstić information content (AvgIpc) is 3.09. The summed E-state index contributed by atoms with van der Waals surface area (Å²) in [5.41, 5.74) is 0.729. The van der Waals surface area contributed by atoms with E-state index in [9.17, 15) is 4.79 Å². The number of unbranched alkanes of at least 4 members (excludes halogenated alkanes) is 3. The van der Waals surface area contributed by atoms with Crippen LogP contribution in [0.2, 0.25) is 0 Å². The van der Waals surface area contributed by atoms with E-state index >= 15 is 0 Å². The number of benzene rings is 1. The van der Waals surface area contributed by atoms with Crippen LogP contribution in [0.15, 0.2) is 24.3 Å². The molecule has 1 heterocycles. The van der Waals surface area contributed by atoms with Crippen LogP contribution in [0.4, 0.5) is 10.5 Å². The lowest BCUT2D eigenvalue weighted by Crippen LogP contribution is -3.10. The third-order valence-electron chi connectivity index (χ3n) is 4.37. The number of amides is 1. The van der Waals surface area contributed by atoms with Crippen LogP contribution in [-0.4, -0.2) is 38.9 Å². The maximum atomic E-state index is 11.8. The molecule has 0 unspecified atom stereocenters. The molecule has 0 atom stereocenters. The highest BCUT2D eigenvalue weighted by Gasteiger charge is 2.15. The summed E-state index contributed by atoms with van der Waals surface area (Å²) in [4.78, 5) is 13.3. The fourth-order valence-corrected chi connectivity index (χ4v) is 2.92. The Morgan fingerprint density at radius 2 is 1.83 bits per heavy atom. The minimum absolute atomic E-state index is 0.387. The fourth-order valence-electron chi connectivity index (χ4n) is 2.92. The quantitative estimate of drug-likeness (QED) is 0.647. The van der Waals surface area contributed by atoms with Crippen LogP contribution < -0.4 is 15.0 Å². The Labute approximate surface area is 145 Å². The smallest absolute Gasteiger partial charge is 0.411 e. The lowest BCUT2D eigenvalue weighted by Gasteiger charge is -2.12. The minimum Gasteiger partial charge on any atom is -0.494 e. The first-order chi connectivity index (χ1) is 11.8. The molecule has 134 valence electrons. The molecular formula is C19H31N2O3+. The van der Waals surface area contributed by atoms with Gasteiger partial charge in [0.1, 0.15) is 18.9 Å². The van der Waals surface area contributed by atoms with Gasteiger partial charge in [-0.25, -0.2) is 4.79 Å². The molecule has 1 amide bonds. The number of rotatable bonds is 10.